The van der Waals surface area contributed by atoms with E-state index in [0.717, 1.165) is 47.7 Å². The lowest BCUT2D eigenvalue weighted by molar-refractivity contribution is -0.141. The average Bonchev–Trinajstić information content (AvgIpc) is 2.80. The fraction of sp³-hybridized carbons (Fsp3) is 0.759. The van der Waals surface area contributed by atoms with Crippen molar-refractivity contribution in [1.82, 2.24) is 0 Å². The highest BCUT2D eigenvalue weighted by molar-refractivity contribution is 8.00. The minimum absolute atomic E-state index is 0.0873. The maximum absolute atomic E-state index is 11.2. The van der Waals surface area contributed by atoms with Gasteiger partial charge in [-0.15, -0.1) is 11.8 Å². The van der Waals surface area contributed by atoms with Gasteiger partial charge in [0.05, 0.1) is 0 Å². The quantitative estimate of drug-likeness (QED) is 0.117. The predicted octanol–water partition coefficient (Wildman–Crippen LogP) is 8.84. The van der Waals surface area contributed by atoms with Crippen LogP contribution < -0.4 is 0 Å². The van der Waals surface area contributed by atoms with Gasteiger partial charge in [0.25, 0.3) is 0 Å². The zero-order valence-electron chi connectivity index (χ0n) is 22.0. The molecule has 0 aliphatic rings. The van der Waals surface area contributed by atoms with Crippen molar-refractivity contribution in [2.45, 2.75) is 141 Å². The third-order valence-electron chi connectivity index (χ3n) is 6.71. The maximum atomic E-state index is 11.2. The van der Waals surface area contributed by atoms with Crippen LogP contribution in [-0.2, 0) is 4.79 Å². The minimum Gasteiger partial charge on any atom is -0.507 e. The summed E-state index contributed by atoms with van der Waals surface area (Å²) in [5.74, 6) is -0.914. The number of aliphatic hydroxyl groups is 1. The van der Waals surface area contributed by atoms with Gasteiger partial charge in [0, 0.05) is 5.25 Å². The van der Waals surface area contributed by atoms with E-state index < -0.39 is 11.4 Å². The Morgan fingerprint density at radius 3 is 1.53 bits per heavy atom. The Morgan fingerprint density at radius 2 is 1.15 bits per heavy atom. The lowest BCUT2D eigenvalue weighted by atomic mass is 9.99. The van der Waals surface area contributed by atoms with Crippen LogP contribution in [0.4, 0.5) is 0 Å². The van der Waals surface area contributed by atoms with Crippen LogP contribution in [0.5, 0.6) is 5.75 Å². The molecule has 3 N–H and O–H groups in total. The highest BCUT2D eigenvalue weighted by Gasteiger charge is 2.22. The van der Waals surface area contributed by atoms with Gasteiger partial charge < -0.3 is 15.3 Å². The van der Waals surface area contributed by atoms with E-state index in [1.807, 2.05) is 26.0 Å². The Kier molecular flexibility index (Phi) is 17.3. The molecule has 4 nitrogen and oxygen atoms in total. The lowest BCUT2D eigenvalue weighted by Crippen LogP contribution is -2.17. The molecule has 0 heterocycles. The zero-order chi connectivity index (χ0) is 25.2. The monoisotopic (exact) mass is 494 g/mol. The van der Waals surface area contributed by atoms with E-state index in [9.17, 15) is 15.0 Å². The molecule has 2 atom stereocenters. The van der Waals surface area contributed by atoms with E-state index in [1.54, 1.807) is 0 Å². The van der Waals surface area contributed by atoms with Crippen molar-refractivity contribution in [2.24, 2.45) is 0 Å². The molecule has 0 bridgehead atoms. The van der Waals surface area contributed by atoms with Gasteiger partial charge in [-0.05, 0) is 37.0 Å². The average molecular weight is 495 g/mol. The standard InChI is InChI=1S/C29H50O4S/c1-4-5-6-7-8-9-10-11-12-13-14-15-16-17-18-19-20-26(34-29(33)28(31)32)25-21-23(2)27(30)24(3)22-25/h21-22,26,29-30,33H,4-20H2,1-3H3,(H,31,32). The number of hydrogen-bond acceptors (Lipinski definition) is 4. The summed E-state index contributed by atoms with van der Waals surface area (Å²) in [5.41, 5.74) is 1.13. The second-order valence-corrected chi connectivity index (χ2v) is 11.2. The van der Waals surface area contributed by atoms with Gasteiger partial charge in [0.15, 0.2) is 5.44 Å². The van der Waals surface area contributed by atoms with Crippen molar-refractivity contribution in [2.75, 3.05) is 0 Å². The van der Waals surface area contributed by atoms with Crippen molar-refractivity contribution in [1.29, 1.82) is 0 Å². The number of rotatable bonds is 21. The number of phenols is 1. The molecule has 0 aliphatic heterocycles. The number of aliphatic hydroxyl groups excluding tert-OH is 1. The lowest BCUT2D eigenvalue weighted by Gasteiger charge is -2.20. The number of hydrogen-bond donors (Lipinski definition) is 3. The van der Waals surface area contributed by atoms with Gasteiger partial charge in [-0.1, -0.05) is 122 Å². The number of carbonyl (C=O) groups is 1. The summed E-state index contributed by atoms with van der Waals surface area (Å²) in [6.07, 6.45) is 22.0. The number of carboxylic acids is 1. The van der Waals surface area contributed by atoms with Crippen LogP contribution in [0.25, 0.3) is 0 Å². The molecule has 0 fully saturated rings. The summed E-state index contributed by atoms with van der Waals surface area (Å²) in [5, 5.41) is 29.0. The summed E-state index contributed by atoms with van der Waals surface area (Å²) in [6, 6.07) is 3.84. The molecule has 0 aromatic heterocycles. The molecule has 1 rings (SSSR count). The van der Waals surface area contributed by atoms with Crippen LogP contribution in [0, 0.1) is 13.8 Å². The van der Waals surface area contributed by atoms with Gasteiger partial charge in [-0.3, -0.25) is 0 Å². The summed E-state index contributed by atoms with van der Waals surface area (Å²) in [4.78, 5) is 11.2. The van der Waals surface area contributed by atoms with Crippen molar-refractivity contribution in [3.05, 3.63) is 28.8 Å². The topological polar surface area (TPSA) is 77.8 Å². The fourth-order valence-electron chi connectivity index (χ4n) is 4.58. The van der Waals surface area contributed by atoms with Gasteiger partial charge in [0.1, 0.15) is 5.75 Å². The molecule has 196 valence electrons. The summed E-state index contributed by atoms with van der Waals surface area (Å²) >= 11 is 1.09. The first-order valence-corrected chi connectivity index (χ1v) is 14.7. The number of benzene rings is 1. The second kappa shape index (κ2) is 19.0. The number of carboxylic acid groups (broad SMARTS) is 1. The number of aromatic hydroxyl groups is 1. The Balaban J connectivity index is 2.19. The third-order valence-corrected chi connectivity index (χ3v) is 8.01. The van der Waals surface area contributed by atoms with Crippen molar-refractivity contribution < 1.29 is 20.1 Å². The highest BCUT2D eigenvalue weighted by Crippen LogP contribution is 2.39. The molecule has 5 heteroatoms. The SMILES string of the molecule is CCCCCCCCCCCCCCCCCCC(SC(O)C(=O)O)c1cc(C)c(O)c(C)c1. The van der Waals surface area contributed by atoms with E-state index in [1.165, 1.54) is 89.9 Å². The number of aliphatic carboxylic acids is 1. The molecule has 2 unspecified atom stereocenters. The molecule has 0 radical (unpaired) electrons. The first kappa shape index (κ1) is 30.8. The molecule has 0 saturated carbocycles. The summed E-state index contributed by atoms with van der Waals surface area (Å²) in [7, 11) is 0. The van der Waals surface area contributed by atoms with Gasteiger partial charge in [-0.25, -0.2) is 4.79 Å². The fourth-order valence-corrected chi connectivity index (χ4v) is 5.60. The number of aryl methyl sites for hydroxylation is 2. The molecular weight excluding hydrogens is 444 g/mol. The van der Waals surface area contributed by atoms with Crippen molar-refractivity contribution >= 4 is 17.7 Å². The normalized spacial score (nSPS) is 13.2. The van der Waals surface area contributed by atoms with Crippen molar-refractivity contribution in [3.63, 3.8) is 0 Å². The van der Waals surface area contributed by atoms with Crippen LogP contribution in [0.2, 0.25) is 0 Å². The largest absolute Gasteiger partial charge is 0.507 e. The first-order chi connectivity index (χ1) is 16.4. The summed E-state index contributed by atoms with van der Waals surface area (Å²) in [6.45, 7) is 5.98. The molecule has 0 spiro atoms. The molecule has 0 saturated heterocycles. The van der Waals surface area contributed by atoms with E-state index in [2.05, 4.69) is 6.92 Å². The second-order valence-electron chi connectivity index (χ2n) is 9.91. The molecule has 1 aromatic rings. The Labute approximate surface area is 212 Å². The van der Waals surface area contributed by atoms with E-state index in [-0.39, 0.29) is 11.0 Å². The number of unbranched alkanes of at least 4 members (excludes halogenated alkanes) is 15. The zero-order valence-corrected chi connectivity index (χ0v) is 22.8. The van der Waals surface area contributed by atoms with E-state index in [4.69, 9.17) is 5.11 Å². The minimum atomic E-state index is -1.43. The molecular formula is C29H50O4S. The molecule has 0 amide bonds. The number of thioether (sulfide) groups is 1. The van der Waals surface area contributed by atoms with E-state index in [0.29, 0.717) is 0 Å². The summed E-state index contributed by atoms with van der Waals surface area (Å²) < 4.78 is 0. The molecule has 0 aliphatic carbocycles. The Bertz CT molecular complexity index is 653. The van der Waals surface area contributed by atoms with Crippen LogP contribution in [0.15, 0.2) is 12.1 Å². The van der Waals surface area contributed by atoms with E-state index >= 15 is 0 Å². The number of phenolic OH excluding ortho intramolecular Hbond substituents is 1. The molecule has 34 heavy (non-hydrogen) atoms. The third kappa shape index (κ3) is 13.6. The van der Waals surface area contributed by atoms with Crippen molar-refractivity contribution in [3.8, 4) is 5.75 Å². The van der Waals surface area contributed by atoms with Gasteiger partial charge in [-0.2, -0.15) is 0 Å². The van der Waals surface area contributed by atoms with Gasteiger partial charge in [0.2, 0.25) is 0 Å². The Hall–Kier alpha value is -1.20. The first-order valence-electron chi connectivity index (χ1n) is 13.7. The van der Waals surface area contributed by atoms with Crippen LogP contribution in [0.3, 0.4) is 0 Å². The molecule has 1 aromatic carbocycles. The van der Waals surface area contributed by atoms with Crippen LogP contribution in [-0.4, -0.2) is 26.7 Å². The Morgan fingerprint density at radius 1 is 0.765 bits per heavy atom. The highest BCUT2D eigenvalue weighted by atomic mass is 32.2. The smallest absolute Gasteiger partial charge is 0.343 e. The van der Waals surface area contributed by atoms with Crippen LogP contribution >= 0.6 is 11.8 Å². The maximum Gasteiger partial charge on any atom is 0.343 e. The predicted molar refractivity (Wildman–Crippen MR) is 146 cm³/mol. The van der Waals surface area contributed by atoms with Gasteiger partial charge >= 0.3 is 5.97 Å². The van der Waals surface area contributed by atoms with Crippen LogP contribution in [0.1, 0.15) is 138 Å².